The molecule has 0 bridgehead atoms. The van der Waals surface area contributed by atoms with Crippen LogP contribution in [-0.4, -0.2) is 5.78 Å². The van der Waals surface area contributed by atoms with Crippen molar-refractivity contribution in [3.8, 4) is 0 Å². The van der Waals surface area contributed by atoms with Crippen molar-refractivity contribution < 1.29 is 4.79 Å². The fourth-order valence-electron chi connectivity index (χ4n) is 3.16. The Kier molecular flexibility index (Phi) is 4.79. The molecule has 0 saturated heterocycles. The van der Waals surface area contributed by atoms with Crippen LogP contribution in [0.4, 0.5) is 5.69 Å². The summed E-state index contributed by atoms with van der Waals surface area (Å²) in [6.07, 6.45) is 3.81. The molecule has 3 rings (SSSR count). The van der Waals surface area contributed by atoms with Crippen molar-refractivity contribution in [1.29, 1.82) is 0 Å². The molecule has 2 atom stereocenters. The number of nitrogens with one attached hydrogen (secondary N) is 1. The molecule has 1 aliphatic rings. The summed E-state index contributed by atoms with van der Waals surface area (Å²) in [5, 5.41) is 4.26. The highest BCUT2D eigenvalue weighted by atomic mass is 35.5. The van der Waals surface area contributed by atoms with E-state index in [0.29, 0.717) is 12.2 Å². The van der Waals surface area contributed by atoms with Gasteiger partial charge < -0.3 is 5.32 Å². The molecule has 3 heteroatoms. The van der Waals surface area contributed by atoms with Crippen LogP contribution in [0.25, 0.3) is 0 Å². The summed E-state index contributed by atoms with van der Waals surface area (Å²) in [5.41, 5.74) is 2.16. The Labute approximate surface area is 136 Å². The topological polar surface area (TPSA) is 29.1 Å². The molecular formula is C19H20ClNO. The highest BCUT2D eigenvalue weighted by Crippen LogP contribution is 2.35. The molecule has 0 radical (unpaired) electrons. The molecule has 1 N–H and O–H groups in total. The second kappa shape index (κ2) is 6.97. The second-order valence-electron chi connectivity index (χ2n) is 5.86. The van der Waals surface area contributed by atoms with Crippen molar-refractivity contribution in [3.63, 3.8) is 0 Å². The third kappa shape index (κ3) is 3.50. The molecule has 1 aliphatic carbocycles. The molecular weight excluding hydrogens is 294 g/mol. The lowest BCUT2D eigenvalue weighted by molar-refractivity contribution is -0.125. The van der Waals surface area contributed by atoms with E-state index in [9.17, 15) is 4.79 Å². The highest BCUT2D eigenvalue weighted by Gasteiger charge is 2.31. The number of hydrogen-bond donors (Lipinski definition) is 1. The summed E-state index contributed by atoms with van der Waals surface area (Å²) >= 11 is 5.96. The van der Waals surface area contributed by atoms with Crippen LogP contribution < -0.4 is 5.32 Å². The van der Waals surface area contributed by atoms with Crippen molar-refractivity contribution in [3.05, 3.63) is 65.2 Å². The van der Waals surface area contributed by atoms with Gasteiger partial charge in [0.2, 0.25) is 0 Å². The van der Waals surface area contributed by atoms with Crippen LogP contribution in [0.5, 0.6) is 0 Å². The lowest BCUT2D eigenvalue weighted by atomic mass is 9.80. The highest BCUT2D eigenvalue weighted by molar-refractivity contribution is 6.30. The van der Waals surface area contributed by atoms with E-state index in [-0.39, 0.29) is 12.0 Å². The Balaban J connectivity index is 1.88. The standard InChI is InChI=1S/C19H20ClNO/c20-15-10-12-16(13-11-15)21-19(14-6-2-1-3-7-14)17-8-4-5-9-18(17)22/h1-3,6-7,10-13,17,19,21H,4-5,8-9H2/t17-,19-/m1/s1. The van der Waals surface area contributed by atoms with E-state index in [2.05, 4.69) is 17.4 Å². The van der Waals surface area contributed by atoms with Gasteiger partial charge in [-0.15, -0.1) is 0 Å². The summed E-state index contributed by atoms with van der Waals surface area (Å²) in [4.78, 5) is 12.4. The Hall–Kier alpha value is -1.80. The molecule has 2 aromatic rings. The number of rotatable bonds is 4. The first-order valence-electron chi connectivity index (χ1n) is 7.84. The van der Waals surface area contributed by atoms with Gasteiger partial charge in [0.25, 0.3) is 0 Å². The van der Waals surface area contributed by atoms with Crippen molar-refractivity contribution in [1.82, 2.24) is 0 Å². The normalized spacial score (nSPS) is 19.7. The maximum atomic E-state index is 12.4. The van der Waals surface area contributed by atoms with Gasteiger partial charge >= 0.3 is 0 Å². The molecule has 114 valence electrons. The molecule has 1 fully saturated rings. The zero-order valence-corrected chi connectivity index (χ0v) is 13.2. The Morgan fingerprint density at radius 2 is 1.73 bits per heavy atom. The number of hydrogen-bond acceptors (Lipinski definition) is 2. The van der Waals surface area contributed by atoms with Crippen LogP contribution in [0.3, 0.4) is 0 Å². The number of anilines is 1. The molecule has 2 nitrogen and oxygen atoms in total. The Morgan fingerprint density at radius 3 is 2.41 bits per heavy atom. The first-order valence-corrected chi connectivity index (χ1v) is 8.21. The van der Waals surface area contributed by atoms with E-state index in [0.717, 1.165) is 35.5 Å². The SMILES string of the molecule is O=C1CCCC[C@H]1[C@H](Nc1ccc(Cl)cc1)c1ccccc1. The minimum atomic E-state index is 0.0233. The zero-order chi connectivity index (χ0) is 15.4. The van der Waals surface area contributed by atoms with Crippen LogP contribution in [0.1, 0.15) is 37.3 Å². The van der Waals surface area contributed by atoms with Crippen molar-refractivity contribution in [2.75, 3.05) is 5.32 Å². The molecule has 1 saturated carbocycles. The van der Waals surface area contributed by atoms with Crippen LogP contribution in [0.15, 0.2) is 54.6 Å². The van der Waals surface area contributed by atoms with Gasteiger partial charge in [0.1, 0.15) is 5.78 Å². The summed E-state index contributed by atoms with van der Waals surface area (Å²) in [5.74, 6) is 0.424. The largest absolute Gasteiger partial charge is 0.378 e. The van der Waals surface area contributed by atoms with E-state index in [1.54, 1.807) is 0 Å². The second-order valence-corrected chi connectivity index (χ2v) is 6.29. The van der Waals surface area contributed by atoms with Crippen molar-refractivity contribution in [2.45, 2.75) is 31.7 Å². The average Bonchev–Trinajstić information content (AvgIpc) is 2.56. The first kappa shape index (κ1) is 15.1. The van der Waals surface area contributed by atoms with Gasteiger partial charge in [0.15, 0.2) is 0 Å². The third-order valence-corrected chi connectivity index (χ3v) is 4.58. The number of Topliss-reactive ketones (excluding diaryl/α,β-unsaturated/α-hetero) is 1. The summed E-state index contributed by atoms with van der Waals surface area (Å²) in [6.45, 7) is 0. The van der Waals surface area contributed by atoms with Gasteiger partial charge in [-0.25, -0.2) is 0 Å². The van der Waals surface area contributed by atoms with Gasteiger partial charge in [-0.05, 0) is 42.7 Å². The lowest BCUT2D eigenvalue weighted by Gasteiger charge is -2.31. The van der Waals surface area contributed by atoms with E-state index in [4.69, 9.17) is 11.6 Å². The number of halogens is 1. The molecule has 2 aromatic carbocycles. The minimum Gasteiger partial charge on any atom is -0.378 e. The van der Waals surface area contributed by atoms with Crippen molar-refractivity contribution in [2.24, 2.45) is 5.92 Å². The third-order valence-electron chi connectivity index (χ3n) is 4.33. The van der Waals surface area contributed by atoms with E-state index < -0.39 is 0 Å². The van der Waals surface area contributed by atoms with Crippen molar-refractivity contribution >= 4 is 23.1 Å². The lowest BCUT2D eigenvalue weighted by Crippen LogP contribution is -2.30. The molecule has 0 heterocycles. The van der Waals surface area contributed by atoms with Crippen LogP contribution in [0, 0.1) is 5.92 Å². The van der Waals surface area contributed by atoms with Gasteiger partial charge in [-0.3, -0.25) is 4.79 Å². The maximum absolute atomic E-state index is 12.4. The Bertz CT molecular complexity index is 624. The first-order chi connectivity index (χ1) is 10.7. The maximum Gasteiger partial charge on any atom is 0.138 e. The fourth-order valence-corrected chi connectivity index (χ4v) is 3.29. The predicted octanol–water partition coefficient (Wildman–Crippen LogP) is 5.25. The van der Waals surface area contributed by atoms with E-state index in [1.807, 2.05) is 42.5 Å². The molecule has 0 aromatic heterocycles. The number of ketones is 1. The monoisotopic (exact) mass is 313 g/mol. The van der Waals surface area contributed by atoms with Gasteiger partial charge in [-0.1, -0.05) is 48.4 Å². The molecule has 22 heavy (non-hydrogen) atoms. The molecule has 0 spiro atoms. The van der Waals surface area contributed by atoms with E-state index >= 15 is 0 Å². The molecule has 0 unspecified atom stereocenters. The van der Waals surface area contributed by atoms with Gasteiger partial charge in [0.05, 0.1) is 6.04 Å². The van der Waals surface area contributed by atoms with Crippen LogP contribution >= 0.6 is 11.6 Å². The number of benzene rings is 2. The predicted molar refractivity (Wildman–Crippen MR) is 91.2 cm³/mol. The fraction of sp³-hybridized carbons (Fsp3) is 0.316. The van der Waals surface area contributed by atoms with E-state index in [1.165, 1.54) is 0 Å². The molecule has 0 amide bonds. The van der Waals surface area contributed by atoms with Gasteiger partial charge in [0, 0.05) is 23.0 Å². The summed E-state index contributed by atoms with van der Waals surface area (Å²) in [6, 6.07) is 17.9. The zero-order valence-electron chi connectivity index (χ0n) is 12.5. The Morgan fingerprint density at radius 1 is 1.00 bits per heavy atom. The summed E-state index contributed by atoms with van der Waals surface area (Å²) in [7, 11) is 0. The minimum absolute atomic E-state index is 0.0233. The average molecular weight is 314 g/mol. The number of carbonyl (C=O) groups is 1. The van der Waals surface area contributed by atoms with Gasteiger partial charge in [-0.2, -0.15) is 0 Å². The quantitative estimate of drug-likeness (QED) is 0.835. The smallest absolute Gasteiger partial charge is 0.138 e. The summed E-state index contributed by atoms with van der Waals surface area (Å²) < 4.78 is 0. The van der Waals surface area contributed by atoms with Crippen LogP contribution in [-0.2, 0) is 4.79 Å². The van der Waals surface area contributed by atoms with Crippen LogP contribution in [0.2, 0.25) is 5.02 Å². The molecule has 0 aliphatic heterocycles. The number of carbonyl (C=O) groups excluding carboxylic acids is 1.